The van der Waals surface area contributed by atoms with E-state index in [1.807, 2.05) is 0 Å². The molecule has 0 aliphatic heterocycles. The minimum Gasteiger partial charge on any atom is -0.314 e. The summed E-state index contributed by atoms with van der Waals surface area (Å²) < 4.78 is 0. The molecule has 16 heavy (non-hydrogen) atoms. The molecule has 0 aliphatic carbocycles. The number of aryl methyl sites for hydroxylation is 1. The maximum atomic E-state index is 3.99. The van der Waals surface area contributed by atoms with Gasteiger partial charge < -0.3 is 5.32 Å². The summed E-state index contributed by atoms with van der Waals surface area (Å²) in [4.78, 5) is 0. The molecule has 1 aromatic carbocycles. The van der Waals surface area contributed by atoms with Crippen molar-refractivity contribution >= 4 is 0 Å². The number of benzene rings is 1. The van der Waals surface area contributed by atoms with E-state index in [2.05, 4.69) is 56.1 Å². The van der Waals surface area contributed by atoms with Gasteiger partial charge in [0.1, 0.15) is 0 Å². The van der Waals surface area contributed by atoms with Crippen LogP contribution in [0.3, 0.4) is 0 Å². The fourth-order valence-electron chi connectivity index (χ4n) is 1.97. The van der Waals surface area contributed by atoms with Gasteiger partial charge in [0.2, 0.25) is 0 Å². The van der Waals surface area contributed by atoms with Crippen LogP contribution in [0.5, 0.6) is 0 Å². The normalized spacial score (nSPS) is 12.4. The van der Waals surface area contributed by atoms with Crippen LogP contribution >= 0.6 is 0 Å². The van der Waals surface area contributed by atoms with Crippen molar-refractivity contribution < 1.29 is 0 Å². The van der Waals surface area contributed by atoms with Gasteiger partial charge in [-0.3, -0.25) is 0 Å². The molecule has 88 valence electrons. The lowest BCUT2D eigenvalue weighted by Crippen LogP contribution is -2.29. The molecule has 0 heterocycles. The zero-order valence-electron chi connectivity index (χ0n) is 10.5. The molecule has 1 rings (SSSR count). The Kier molecular flexibility index (Phi) is 5.87. The first-order valence-corrected chi connectivity index (χ1v) is 6.14. The quantitative estimate of drug-likeness (QED) is 0.689. The van der Waals surface area contributed by atoms with E-state index in [1.165, 1.54) is 17.6 Å². The zero-order chi connectivity index (χ0) is 11.8. The molecule has 0 aromatic heterocycles. The summed E-state index contributed by atoms with van der Waals surface area (Å²) in [7, 11) is 0. The molecule has 0 saturated heterocycles. The third-order valence-electron chi connectivity index (χ3n) is 2.71. The van der Waals surface area contributed by atoms with Crippen molar-refractivity contribution in [3.63, 3.8) is 0 Å². The van der Waals surface area contributed by atoms with E-state index in [1.54, 1.807) is 0 Å². The van der Waals surface area contributed by atoms with E-state index >= 15 is 0 Å². The second kappa shape index (κ2) is 7.24. The van der Waals surface area contributed by atoms with Crippen LogP contribution in [0.1, 0.15) is 32.3 Å². The SMILES string of the molecule is C=C(C)CC(CCc1ccccc1)NCC. The first-order valence-electron chi connectivity index (χ1n) is 6.14. The fourth-order valence-corrected chi connectivity index (χ4v) is 1.97. The summed E-state index contributed by atoms with van der Waals surface area (Å²) >= 11 is 0. The minimum atomic E-state index is 0.572. The molecule has 0 radical (unpaired) electrons. The molecule has 0 spiro atoms. The van der Waals surface area contributed by atoms with Gasteiger partial charge in [0, 0.05) is 6.04 Å². The number of hydrogen-bond donors (Lipinski definition) is 1. The first-order chi connectivity index (χ1) is 7.72. The van der Waals surface area contributed by atoms with Gasteiger partial charge in [-0.05, 0) is 38.3 Å². The lowest BCUT2D eigenvalue weighted by atomic mass is 10.0. The highest BCUT2D eigenvalue weighted by Gasteiger charge is 2.07. The monoisotopic (exact) mass is 217 g/mol. The topological polar surface area (TPSA) is 12.0 Å². The van der Waals surface area contributed by atoms with Gasteiger partial charge in [0.25, 0.3) is 0 Å². The minimum absolute atomic E-state index is 0.572. The zero-order valence-corrected chi connectivity index (χ0v) is 10.5. The van der Waals surface area contributed by atoms with Crippen LogP contribution < -0.4 is 5.32 Å². The van der Waals surface area contributed by atoms with E-state index in [0.717, 1.165) is 19.4 Å². The van der Waals surface area contributed by atoms with Crippen LogP contribution in [0.4, 0.5) is 0 Å². The van der Waals surface area contributed by atoms with Crippen LogP contribution in [0.25, 0.3) is 0 Å². The summed E-state index contributed by atoms with van der Waals surface area (Å²) in [5.41, 5.74) is 2.69. The van der Waals surface area contributed by atoms with Crippen LogP contribution in [0, 0.1) is 0 Å². The van der Waals surface area contributed by atoms with E-state index in [0.29, 0.717) is 6.04 Å². The maximum absolute atomic E-state index is 3.99. The Labute approximate surface area is 99.6 Å². The summed E-state index contributed by atoms with van der Waals surface area (Å²) in [5.74, 6) is 0. The van der Waals surface area contributed by atoms with Gasteiger partial charge in [0.15, 0.2) is 0 Å². The van der Waals surface area contributed by atoms with E-state index in [-0.39, 0.29) is 0 Å². The molecule has 1 aromatic rings. The Morgan fingerprint density at radius 1 is 1.31 bits per heavy atom. The molecule has 1 nitrogen and oxygen atoms in total. The van der Waals surface area contributed by atoms with E-state index < -0.39 is 0 Å². The maximum Gasteiger partial charge on any atom is 0.0107 e. The Bertz CT molecular complexity index is 302. The second-order valence-corrected chi connectivity index (χ2v) is 4.44. The Balaban J connectivity index is 2.40. The third-order valence-corrected chi connectivity index (χ3v) is 2.71. The largest absolute Gasteiger partial charge is 0.314 e. The highest BCUT2D eigenvalue weighted by Crippen LogP contribution is 2.10. The van der Waals surface area contributed by atoms with Gasteiger partial charge in [-0.1, -0.05) is 42.8 Å². The second-order valence-electron chi connectivity index (χ2n) is 4.44. The average Bonchev–Trinajstić information content (AvgIpc) is 2.27. The number of hydrogen-bond acceptors (Lipinski definition) is 1. The Hall–Kier alpha value is -1.08. The van der Waals surface area contributed by atoms with Gasteiger partial charge >= 0.3 is 0 Å². The van der Waals surface area contributed by atoms with Crippen LogP contribution in [-0.2, 0) is 6.42 Å². The lowest BCUT2D eigenvalue weighted by Gasteiger charge is -2.17. The van der Waals surface area contributed by atoms with Gasteiger partial charge in [-0.15, -0.1) is 6.58 Å². The predicted molar refractivity (Wildman–Crippen MR) is 71.7 cm³/mol. The highest BCUT2D eigenvalue weighted by molar-refractivity contribution is 5.14. The van der Waals surface area contributed by atoms with Gasteiger partial charge in [-0.25, -0.2) is 0 Å². The van der Waals surface area contributed by atoms with Crippen molar-refractivity contribution in [2.75, 3.05) is 6.54 Å². The Morgan fingerprint density at radius 3 is 2.56 bits per heavy atom. The van der Waals surface area contributed by atoms with Crippen molar-refractivity contribution in [3.05, 3.63) is 48.0 Å². The van der Waals surface area contributed by atoms with Crippen LogP contribution in [0.2, 0.25) is 0 Å². The molecule has 0 fully saturated rings. The standard InChI is InChI=1S/C15H23N/c1-4-16-15(12-13(2)3)11-10-14-8-6-5-7-9-14/h5-9,15-16H,2,4,10-12H2,1,3H3. The molecule has 1 heteroatoms. The fraction of sp³-hybridized carbons (Fsp3) is 0.467. The molecule has 0 aliphatic rings. The molecule has 1 N–H and O–H groups in total. The van der Waals surface area contributed by atoms with Crippen molar-refractivity contribution in [2.45, 2.75) is 39.2 Å². The Morgan fingerprint density at radius 2 is 2.00 bits per heavy atom. The van der Waals surface area contributed by atoms with Crippen molar-refractivity contribution in [1.29, 1.82) is 0 Å². The molecular formula is C15H23N. The van der Waals surface area contributed by atoms with Crippen molar-refractivity contribution in [3.8, 4) is 0 Å². The molecule has 0 bridgehead atoms. The molecule has 1 atom stereocenters. The summed E-state index contributed by atoms with van der Waals surface area (Å²) in [6.07, 6.45) is 3.41. The van der Waals surface area contributed by atoms with Crippen LogP contribution in [-0.4, -0.2) is 12.6 Å². The molecule has 0 saturated carbocycles. The van der Waals surface area contributed by atoms with Crippen molar-refractivity contribution in [1.82, 2.24) is 5.32 Å². The van der Waals surface area contributed by atoms with E-state index in [9.17, 15) is 0 Å². The van der Waals surface area contributed by atoms with E-state index in [4.69, 9.17) is 0 Å². The van der Waals surface area contributed by atoms with Gasteiger partial charge in [0.05, 0.1) is 0 Å². The average molecular weight is 217 g/mol. The lowest BCUT2D eigenvalue weighted by molar-refractivity contribution is 0.490. The highest BCUT2D eigenvalue weighted by atomic mass is 14.9. The predicted octanol–water partition coefficient (Wildman–Crippen LogP) is 3.56. The molecule has 1 unspecified atom stereocenters. The third kappa shape index (κ3) is 5.13. The summed E-state index contributed by atoms with van der Waals surface area (Å²) in [5, 5.41) is 3.52. The molecule has 0 amide bonds. The number of rotatable bonds is 7. The van der Waals surface area contributed by atoms with Gasteiger partial charge in [-0.2, -0.15) is 0 Å². The van der Waals surface area contributed by atoms with Crippen LogP contribution in [0.15, 0.2) is 42.5 Å². The first kappa shape index (κ1) is 13.0. The summed E-state index contributed by atoms with van der Waals surface area (Å²) in [6.45, 7) is 9.29. The summed E-state index contributed by atoms with van der Waals surface area (Å²) in [6, 6.07) is 11.3. The van der Waals surface area contributed by atoms with Crippen molar-refractivity contribution in [2.24, 2.45) is 0 Å². The molecular weight excluding hydrogens is 194 g/mol. The smallest absolute Gasteiger partial charge is 0.0107 e. The number of nitrogens with one attached hydrogen (secondary N) is 1.